The van der Waals surface area contributed by atoms with Crippen molar-refractivity contribution in [1.82, 2.24) is 0 Å². The van der Waals surface area contributed by atoms with Gasteiger partial charge in [0.25, 0.3) is 0 Å². The quantitative estimate of drug-likeness (QED) is 0.446. The van der Waals surface area contributed by atoms with Gasteiger partial charge in [-0.25, -0.2) is 0 Å². The first kappa shape index (κ1) is 11.2. The first-order valence-corrected chi connectivity index (χ1v) is 4.49. The number of hydrogen-bond acceptors (Lipinski definition) is 3. The van der Waals surface area contributed by atoms with Gasteiger partial charge in [0.2, 0.25) is 6.04 Å². The fourth-order valence-corrected chi connectivity index (χ4v) is 0.915. The number of rotatable bonds is 2. The number of aliphatic hydroxyl groups is 1. The van der Waals surface area contributed by atoms with E-state index in [1.165, 1.54) is 6.92 Å². The van der Waals surface area contributed by atoms with E-state index in [1.54, 1.807) is 12.1 Å². The second-order valence-corrected chi connectivity index (χ2v) is 3.11. The van der Waals surface area contributed by atoms with Gasteiger partial charge in [-0.15, -0.1) is 0 Å². The van der Waals surface area contributed by atoms with Crippen LogP contribution in [0.3, 0.4) is 0 Å². The van der Waals surface area contributed by atoms with Crippen molar-refractivity contribution in [2.45, 2.75) is 19.1 Å². The lowest BCUT2D eigenvalue weighted by Crippen LogP contribution is -2.29. The SMILES string of the molecule is C[C@@H]([C@H](O)C#Cc1ccccc1)[N+](=O)[O-]. The Balaban J connectivity index is 2.70. The Labute approximate surface area is 87.7 Å². The molecule has 4 nitrogen and oxygen atoms in total. The molecule has 0 aromatic heterocycles. The van der Waals surface area contributed by atoms with Crippen LogP contribution in [-0.2, 0) is 0 Å². The Morgan fingerprint density at radius 1 is 1.40 bits per heavy atom. The van der Waals surface area contributed by atoms with Gasteiger partial charge >= 0.3 is 0 Å². The topological polar surface area (TPSA) is 63.4 Å². The van der Waals surface area contributed by atoms with Crippen LogP contribution in [0.25, 0.3) is 0 Å². The third-order valence-electron chi connectivity index (χ3n) is 1.93. The van der Waals surface area contributed by atoms with Gasteiger partial charge in [-0.05, 0) is 12.1 Å². The van der Waals surface area contributed by atoms with Gasteiger partial charge in [-0.3, -0.25) is 10.1 Å². The van der Waals surface area contributed by atoms with E-state index in [1.807, 2.05) is 18.2 Å². The molecule has 1 rings (SSSR count). The standard InChI is InChI=1S/C11H11NO3/c1-9(12(14)15)11(13)8-7-10-5-3-2-4-6-10/h2-6,9,11,13H,1H3/t9-,11+/m0/s1. The molecule has 0 unspecified atom stereocenters. The van der Waals surface area contributed by atoms with Crippen LogP contribution in [0.5, 0.6) is 0 Å². The minimum atomic E-state index is -1.24. The van der Waals surface area contributed by atoms with Gasteiger partial charge in [0.15, 0.2) is 6.10 Å². The number of nitrogens with zero attached hydrogens (tertiary/aromatic N) is 1. The maximum atomic E-state index is 10.3. The Hall–Kier alpha value is -1.86. The zero-order valence-corrected chi connectivity index (χ0v) is 8.25. The van der Waals surface area contributed by atoms with E-state index in [9.17, 15) is 15.2 Å². The predicted octanol–water partition coefficient (Wildman–Crippen LogP) is 1.06. The van der Waals surface area contributed by atoms with E-state index in [2.05, 4.69) is 11.8 Å². The molecule has 0 amide bonds. The molecule has 1 aromatic rings. The molecule has 0 spiro atoms. The van der Waals surface area contributed by atoms with Crippen molar-refractivity contribution in [1.29, 1.82) is 0 Å². The summed E-state index contributed by atoms with van der Waals surface area (Å²) in [5, 5.41) is 19.7. The maximum Gasteiger partial charge on any atom is 0.246 e. The van der Waals surface area contributed by atoms with Crippen LogP contribution in [0.1, 0.15) is 12.5 Å². The molecule has 0 saturated carbocycles. The van der Waals surface area contributed by atoms with Gasteiger partial charge in [0.1, 0.15) is 0 Å². The third-order valence-corrected chi connectivity index (χ3v) is 1.93. The Bertz CT molecular complexity index is 391. The van der Waals surface area contributed by atoms with Gasteiger partial charge in [0, 0.05) is 17.4 Å². The average Bonchev–Trinajstić information content (AvgIpc) is 2.26. The van der Waals surface area contributed by atoms with Crippen molar-refractivity contribution < 1.29 is 10.0 Å². The Morgan fingerprint density at radius 2 is 2.00 bits per heavy atom. The van der Waals surface area contributed by atoms with Crippen molar-refractivity contribution in [3.8, 4) is 11.8 Å². The first-order chi connectivity index (χ1) is 7.11. The van der Waals surface area contributed by atoms with Crippen molar-refractivity contribution in [3.63, 3.8) is 0 Å². The van der Waals surface area contributed by atoms with Gasteiger partial charge in [-0.1, -0.05) is 30.0 Å². The highest BCUT2D eigenvalue weighted by molar-refractivity contribution is 5.34. The lowest BCUT2D eigenvalue weighted by Gasteiger charge is -2.04. The molecule has 78 valence electrons. The molecule has 0 fully saturated rings. The summed E-state index contributed by atoms with van der Waals surface area (Å²) >= 11 is 0. The van der Waals surface area contributed by atoms with Crippen LogP contribution in [0, 0.1) is 22.0 Å². The highest BCUT2D eigenvalue weighted by Crippen LogP contribution is 1.98. The average molecular weight is 205 g/mol. The molecule has 0 heterocycles. The van der Waals surface area contributed by atoms with Gasteiger partial charge in [0.05, 0.1) is 0 Å². The number of hydrogen-bond donors (Lipinski definition) is 1. The summed E-state index contributed by atoms with van der Waals surface area (Å²) in [6.45, 7) is 1.32. The maximum absolute atomic E-state index is 10.3. The van der Waals surface area contributed by atoms with Crippen LogP contribution in [0.15, 0.2) is 30.3 Å². The summed E-state index contributed by atoms with van der Waals surface area (Å²) in [4.78, 5) is 9.78. The summed E-state index contributed by atoms with van der Waals surface area (Å²) in [6, 6.07) is 7.95. The van der Waals surface area contributed by atoms with E-state index < -0.39 is 17.1 Å². The molecule has 0 aliphatic rings. The lowest BCUT2D eigenvalue weighted by molar-refractivity contribution is -0.526. The molecule has 1 aromatic carbocycles. The fraction of sp³-hybridized carbons (Fsp3) is 0.273. The Morgan fingerprint density at radius 3 is 2.53 bits per heavy atom. The summed E-state index contributed by atoms with van der Waals surface area (Å²) in [5.41, 5.74) is 0.729. The second kappa shape index (κ2) is 5.13. The second-order valence-electron chi connectivity index (χ2n) is 3.11. The van der Waals surface area contributed by atoms with Crippen molar-refractivity contribution in [3.05, 3.63) is 46.0 Å². The van der Waals surface area contributed by atoms with Crippen molar-refractivity contribution in [2.24, 2.45) is 0 Å². The zero-order chi connectivity index (χ0) is 11.3. The summed E-state index contributed by atoms with van der Waals surface area (Å²) in [6.07, 6.45) is -1.24. The van der Waals surface area contributed by atoms with Gasteiger partial charge < -0.3 is 5.11 Å². The van der Waals surface area contributed by atoms with Crippen LogP contribution < -0.4 is 0 Å². The molecular weight excluding hydrogens is 194 g/mol. The molecule has 0 radical (unpaired) electrons. The van der Waals surface area contributed by atoms with Crippen molar-refractivity contribution in [2.75, 3.05) is 0 Å². The van der Waals surface area contributed by atoms with E-state index in [0.29, 0.717) is 0 Å². The third kappa shape index (κ3) is 3.41. The first-order valence-electron chi connectivity index (χ1n) is 4.49. The summed E-state index contributed by atoms with van der Waals surface area (Å²) in [7, 11) is 0. The molecule has 15 heavy (non-hydrogen) atoms. The summed E-state index contributed by atoms with van der Waals surface area (Å²) < 4.78 is 0. The summed E-state index contributed by atoms with van der Waals surface area (Å²) in [5.74, 6) is 5.12. The van der Waals surface area contributed by atoms with Crippen molar-refractivity contribution >= 4 is 0 Å². The predicted molar refractivity (Wildman–Crippen MR) is 55.8 cm³/mol. The van der Waals surface area contributed by atoms with Crippen LogP contribution >= 0.6 is 0 Å². The minimum Gasteiger partial charge on any atom is -0.374 e. The Kier molecular flexibility index (Phi) is 3.83. The van der Waals surface area contributed by atoms with Crippen LogP contribution in [0.2, 0.25) is 0 Å². The molecule has 4 heteroatoms. The van der Waals surface area contributed by atoms with E-state index in [4.69, 9.17) is 0 Å². The molecule has 0 bridgehead atoms. The number of nitro groups is 1. The molecule has 0 saturated heterocycles. The highest BCUT2D eigenvalue weighted by Gasteiger charge is 2.21. The zero-order valence-electron chi connectivity index (χ0n) is 8.25. The lowest BCUT2D eigenvalue weighted by atomic mass is 10.1. The molecule has 1 N–H and O–H groups in total. The van der Waals surface area contributed by atoms with Crippen LogP contribution in [0.4, 0.5) is 0 Å². The normalized spacial score (nSPS) is 13.5. The van der Waals surface area contributed by atoms with E-state index in [-0.39, 0.29) is 0 Å². The number of aliphatic hydroxyl groups excluding tert-OH is 1. The highest BCUT2D eigenvalue weighted by atomic mass is 16.6. The monoisotopic (exact) mass is 205 g/mol. The molecule has 0 aliphatic heterocycles. The van der Waals surface area contributed by atoms with E-state index in [0.717, 1.165) is 5.56 Å². The molecule has 2 atom stereocenters. The molecule has 0 aliphatic carbocycles. The molecular formula is C11H11NO3. The minimum absolute atomic E-state index is 0.551. The smallest absolute Gasteiger partial charge is 0.246 e. The van der Waals surface area contributed by atoms with Crippen LogP contribution in [-0.4, -0.2) is 22.2 Å². The fourth-order valence-electron chi connectivity index (χ4n) is 0.915. The largest absolute Gasteiger partial charge is 0.374 e. The number of benzene rings is 1. The van der Waals surface area contributed by atoms with E-state index >= 15 is 0 Å². The van der Waals surface area contributed by atoms with Gasteiger partial charge in [-0.2, -0.15) is 0 Å².